The van der Waals surface area contributed by atoms with E-state index in [-0.39, 0.29) is 5.75 Å². The molecule has 9 heteroatoms. The number of carbonyl (C=O) groups excluding carboxylic acids is 1. The summed E-state index contributed by atoms with van der Waals surface area (Å²) < 4.78 is 58.4. The summed E-state index contributed by atoms with van der Waals surface area (Å²) in [4.78, 5) is 11.0. The van der Waals surface area contributed by atoms with E-state index < -0.39 is 28.0 Å². The largest absolute Gasteiger partial charge is 0.503 e. The topological polar surface area (TPSA) is 66.8 Å². The molecule has 0 aliphatic heterocycles. The summed E-state index contributed by atoms with van der Waals surface area (Å²) in [5, 5.41) is 0. The summed E-state index contributed by atoms with van der Waals surface area (Å²) in [7, 11) is 0. The molecule has 0 aliphatic rings. The molecule has 0 radical (unpaired) electrons. The van der Waals surface area contributed by atoms with E-state index in [4.69, 9.17) is 4.55 Å². The maximum Gasteiger partial charge on any atom is 0.503 e. The molecule has 0 saturated carbocycles. The number of nitrogens with zero attached hydrogens (tertiary/aromatic N) is 1. The van der Waals surface area contributed by atoms with Crippen LogP contribution in [0.4, 0.5) is 18.0 Å². The number of rotatable bonds is 2. The first-order valence-electron chi connectivity index (χ1n) is 4.07. The third-order valence-electron chi connectivity index (χ3n) is 1.50. The van der Waals surface area contributed by atoms with Crippen molar-refractivity contribution in [3.63, 3.8) is 0 Å². The van der Waals surface area contributed by atoms with Crippen molar-refractivity contribution in [2.24, 2.45) is 0 Å². The van der Waals surface area contributed by atoms with E-state index >= 15 is 0 Å². The first-order valence-corrected chi connectivity index (χ1v) is 5.13. The predicted molar refractivity (Wildman–Crippen MR) is 51.1 cm³/mol. The minimum atomic E-state index is -5.30. The van der Waals surface area contributed by atoms with Crippen molar-refractivity contribution in [3.8, 4) is 5.75 Å². The van der Waals surface area contributed by atoms with Gasteiger partial charge in [0.25, 0.3) is 11.3 Å². The summed E-state index contributed by atoms with van der Waals surface area (Å²) in [6, 6.07) is 6.87. The van der Waals surface area contributed by atoms with Crippen LogP contribution in [-0.4, -0.2) is 25.5 Å². The molecule has 1 amide bonds. The Morgan fingerprint density at radius 1 is 1.29 bits per heavy atom. The zero-order valence-electron chi connectivity index (χ0n) is 8.05. The molecule has 0 aliphatic carbocycles. The van der Waals surface area contributed by atoms with Crippen molar-refractivity contribution in [1.82, 2.24) is 4.31 Å². The van der Waals surface area contributed by atoms with E-state index in [2.05, 4.69) is 4.74 Å². The molecule has 1 atom stereocenters. The third kappa shape index (κ3) is 3.71. The molecule has 94 valence electrons. The molecule has 0 bridgehead atoms. The number of amides is 1. The van der Waals surface area contributed by atoms with Gasteiger partial charge in [-0.25, -0.2) is 9.00 Å². The molecule has 0 spiro atoms. The number of hydrogen-bond acceptors (Lipinski definition) is 3. The smallest absolute Gasteiger partial charge is 0.409 e. The lowest BCUT2D eigenvalue weighted by Gasteiger charge is -2.19. The molecule has 17 heavy (non-hydrogen) atoms. The van der Waals surface area contributed by atoms with Crippen molar-refractivity contribution in [2.45, 2.75) is 6.30 Å². The van der Waals surface area contributed by atoms with E-state index in [1.165, 1.54) is 24.3 Å². The van der Waals surface area contributed by atoms with Gasteiger partial charge in [-0.2, -0.15) is 0 Å². The molecule has 5 nitrogen and oxygen atoms in total. The van der Waals surface area contributed by atoms with Gasteiger partial charge in [0.2, 0.25) is 0 Å². The zero-order chi connectivity index (χ0) is 13.1. The lowest BCUT2D eigenvalue weighted by molar-refractivity contribution is -0.196. The first-order chi connectivity index (χ1) is 7.82. The van der Waals surface area contributed by atoms with Crippen molar-refractivity contribution in [2.75, 3.05) is 0 Å². The van der Waals surface area contributed by atoms with Gasteiger partial charge in [-0.1, -0.05) is 18.2 Å². The molecule has 1 N–H and O–H groups in total. The van der Waals surface area contributed by atoms with Crippen molar-refractivity contribution in [3.05, 3.63) is 30.3 Å². The van der Waals surface area contributed by atoms with E-state index in [0.29, 0.717) is 0 Å². The molecular weight excluding hydrogens is 263 g/mol. The van der Waals surface area contributed by atoms with E-state index in [9.17, 15) is 22.2 Å². The highest BCUT2D eigenvalue weighted by atomic mass is 32.2. The Balaban J connectivity index is 2.84. The van der Waals surface area contributed by atoms with Crippen LogP contribution in [0.25, 0.3) is 0 Å². The van der Waals surface area contributed by atoms with Gasteiger partial charge in [-0.05, 0) is 12.1 Å². The molecule has 0 fully saturated rings. The molecule has 1 aromatic rings. The average molecular weight is 269 g/mol. The summed E-state index contributed by atoms with van der Waals surface area (Å²) in [6.45, 7) is 0. The van der Waals surface area contributed by atoms with Gasteiger partial charge in [-0.3, -0.25) is 4.55 Å². The van der Waals surface area contributed by atoms with Crippen LogP contribution in [0, 0.1) is 0 Å². The Hall–Kier alpha value is -1.61. The summed E-state index contributed by atoms with van der Waals surface area (Å²) in [5.41, 5.74) is 0. The first kappa shape index (κ1) is 13.5. The van der Waals surface area contributed by atoms with Crippen LogP contribution >= 0.6 is 0 Å². The standard InChI is InChI=1S/C8H6F3NO4S/c9-8(10,11)12(17(14)15)7(13)16-6-4-2-1-3-5-6/h1-5H,(H,14,15). The molecule has 0 aromatic heterocycles. The maximum atomic E-state index is 12.2. The van der Waals surface area contributed by atoms with Crippen LogP contribution in [0.3, 0.4) is 0 Å². The van der Waals surface area contributed by atoms with Crippen LogP contribution in [0.15, 0.2) is 30.3 Å². The zero-order valence-corrected chi connectivity index (χ0v) is 8.86. The van der Waals surface area contributed by atoms with Crippen LogP contribution in [0.2, 0.25) is 0 Å². The van der Waals surface area contributed by atoms with Gasteiger partial charge < -0.3 is 4.74 Å². The summed E-state index contributed by atoms with van der Waals surface area (Å²) >= 11 is -3.54. The monoisotopic (exact) mass is 269 g/mol. The van der Waals surface area contributed by atoms with Crippen molar-refractivity contribution in [1.29, 1.82) is 0 Å². The lowest BCUT2D eigenvalue weighted by atomic mass is 10.3. The van der Waals surface area contributed by atoms with Crippen LogP contribution < -0.4 is 4.74 Å². The highest BCUT2D eigenvalue weighted by Gasteiger charge is 2.47. The van der Waals surface area contributed by atoms with Gasteiger partial charge in [0.1, 0.15) is 5.75 Å². The third-order valence-corrected chi connectivity index (χ3v) is 2.17. The van der Waals surface area contributed by atoms with Gasteiger partial charge in [0.15, 0.2) is 0 Å². The number of carbonyl (C=O) groups is 1. The molecule has 0 heterocycles. The minimum absolute atomic E-state index is 0.169. The van der Waals surface area contributed by atoms with Crippen LogP contribution in [-0.2, 0) is 11.3 Å². The molecule has 1 unspecified atom stereocenters. The SMILES string of the molecule is O=C(Oc1ccccc1)N(S(=O)O)C(F)(F)F. The second-order valence-corrected chi connectivity index (χ2v) is 3.50. The minimum Gasteiger partial charge on any atom is -0.409 e. The van der Waals surface area contributed by atoms with E-state index in [1.54, 1.807) is 6.07 Å². The fraction of sp³-hybridized carbons (Fsp3) is 0.125. The molecular formula is C8H6F3NO4S. The highest BCUT2D eigenvalue weighted by Crippen LogP contribution is 2.24. The second-order valence-electron chi connectivity index (χ2n) is 2.67. The Labute approximate surface area is 96.2 Å². The van der Waals surface area contributed by atoms with Crippen molar-refractivity contribution >= 4 is 17.4 Å². The number of hydrogen-bond donors (Lipinski definition) is 1. The lowest BCUT2D eigenvalue weighted by Crippen LogP contribution is -2.45. The second kappa shape index (κ2) is 5.15. The molecule has 1 aromatic carbocycles. The number of ether oxygens (including phenoxy) is 1. The number of halogens is 3. The molecule has 0 saturated heterocycles. The van der Waals surface area contributed by atoms with Crippen molar-refractivity contribution < 1.29 is 31.5 Å². The normalized spacial score (nSPS) is 12.9. The quantitative estimate of drug-likeness (QED) is 0.659. The van der Waals surface area contributed by atoms with Gasteiger partial charge in [-0.15, -0.1) is 17.5 Å². The molecule has 1 rings (SSSR count). The van der Waals surface area contributed by atoms with Gasteiger partial charge in [0.05, 0.1) is 0 Å². The van der Waals surface area contributed by atoms with Crippen LogP contribution in [0.5, 0.6) is 5.75 Å². The fourth-order valence-electron chi connectivity index (χ4n) is 0.887. The Morgan fingerprint density at radius 3 is 2.24 bits per heavy atom. The highest BCUT2D eigenvalue weighted by molar-refractivity contribution is 7.77. The Bertz CT molecular complexity index is 423. The summed E-state index contributed by atoms with van der Waals surface area (Å²) in [6.07, 6.45) is -7.28. The predicted octanol–water partition coefficient (Wildman–Crippen LogP) is 2.14. The number of alkyl halides is 3. The number of benzene rings is 1. The van der Waals surface area contributed by atoms with E-state index in [1.807, 2.05) is 0 Å². The Morgan fingerprint density at radius 2 is 1.82 bits per heavy atom. The van der Waals surface area contributed by atoms with Gasteiger partial charge in [0, 0.05) is 0 Å². The summed E-state index contributed by atoms with van der Waals surface area (Å²) in [5.74, 6) is -0.169. The van der Waals surface area contributed by atoms with Gasteiger partial charge >= 0.3 is 12.4 Å². The maximum absolute atomic E-state index is 12.2. The fourth-order valence-corrected chi connectivity index (χ4v) is 1.23. The average Bonchev–Trinajstić information content (AvgIpc) is 2.15. The van der Waals surface area contributed by atoms with E-state index in [0.717, 1.165) is 0 Å². The number of para-hydroxylation sites is 1. The Kier molecular flexibility index (Phi) is 4.07. The van der Waals surface area contributed by atoms with Crippen LogP contribution in [0.1, 0.15) is 0 Å².